The van der Waals surface area contributed by atoms with E-state index in [1.54, 1.807) is 24.3 Å². The highest BCUT2D eigenvalue weighted by Gasteiger charge is 2.20. The molecule has 2 rings (SSSR count). The lowest BCUT2D eigenvalue weighted by Gasteiger charge is -2.03. The molecule has 0 radical (unpaired) electrons. The lowest BCUT2D eigenvalue weighted by atomic mass is 10.3. The molecule has 20 heavy (non-hydrogen) atoms. The zero-order valence-electron chi connectivity index (χ0n) is 10.9. The number of hydrogen-bond acceptors (Lipinski definition) is 3. The Balaban J connectivity index is 2.37. The topological polar surface area (TPSA) is 72.9 Å². The number of halogens is 2. The second-order valence-corrected chi connectivity index (χ2v) is 5.01. The molecule has 1 aromatic carbocycles. The minimum Gasteiger partial charge on any atom is -0.382 e. The van der Waals surface area contributed by atoms with Crippen LogP contribution in [0.1, 0.15) is 23.8 Å². The lowest BCUT2D eigenvalue weighted by molar-refractivity contribution is 0.0948. The molecule has 1 aromatic heterocycles. The van der Waals surface area contributed by atoms with Crippen LogP contribution in [-0.4, -0.2) is 22.2 Å². The molecule has 0 aliphatic heterocycles. The van der Waals surface area contributed by atoms with E-state index in [0.29, 0.717) is 17.3 Å². The maximum atomic E-state index is 11.9. The van der Waals surface area contributed by atoms with Gasteiger partial charge in [0, 0.05) is 11.6 Å². The van der Waals surface area contributed by atoms with Crippen molar-refractivity contribution in [2.45, 2.75) is 13.3 Å². The number of nitrogens with two attached hydrogens (primary N) is 1. The van der Waals surface area contributed by atoms with Crippen LogP contribution in [0, 0.1) is 0 Å². The number of nitrogens with zero attached hydrogens (tertiary/aromatic N) is 2. The van der Waals surface area contributed by atoms with Crippen LogP contribution in [0.2, 0.25) is 10.0 Å². The first-order chi connectivity index (χ1) is 9.54. The van der Waals surface area contributed by atoms with Crippen molar-refractivity contribution in [2.24, 2.45) is 0 Å². The van der Waals surface area contributed by atoms with Crippen molar-refractivity contribution in [1.29, 1.82) is 0 Å². The normalized spacial score (nSPS) is 10.6. The van der Waals surface area contributed by atoms with Crippen molar-refractivity contribution < 1.29 is 4.79 Å². The Morgan fingerprint density at radius 2 is 2.00 bits per heavy atom. The second-order valence-electron chi connectivity index (χ2n) is 4.19. The molecule has 0 unspecified atom stereocenters. The van der Waals surface area contributed by atoms with Gasteiger partial charge in [0.05, 0.1) is 5.69 Å². The van der Waals surface area contributed by atoms with Gasteiger partial charge in [-0.2, -0.15) is 5.10 Å². The molecule has 1 heterocycles. The molecular weight excluding hydrogens is 299 g/mol. The fourth-order valence-corrected chi connectivity index (χ4v) is 1.99. The monoisotopic (exact) mass is 312 g/mol. The van der Waals surface area contributed by atoms with E-state index in [-0.39, 0.29) is 22.4 Å². The minimum absolute atomic E-state index is 0.118. The number of anilines is 1. The van der Waals surface area contributed by atoms with E-state index in [0.717, 1.165) is 6.42 Å². The number of carbonyl (C=O) groups is 1. The van der Waals surface area contributed by atoms with Crippen molar-refractivity contribution in [3.63, 3.8) is 0 Å². The molecule has 0 spiro atoms. The highest BCUT2D eigenvalue weighted by Crippen LogP contribution is 2.26. The largest absolute Gasteiger partial charge is 0.382 e. The van der Waals surface area contributed by atoms with E-state index < -0.39 is 0 Å². The molecule has 0 fully saturated rings. The van der Waals surface area contributed by atoms with Crippen LogP contribution in [0.5, 0.6) is 0 Å². The third kappa shape index (κ3) is 2.89. The Labute approximate surface area is 126 Å². The number of rotatable bonds is 4. The maximum absolute atomic E-state index is 11.9. The molecule has 5 nitrogen and oxygen atoms in total. The van der Waals surface area contributed by atoms with Gasteiger partial charge >= 0.3 is 0 Å². The second kappa shape index (κ2) is 6.15. The maximum Gasteiger partial charge on any atom is 0.273 e. The average molecular weight is 313 g/mol. The van der Waals surface area contributed by atoms with Gasteiger partial charge in [0.25, 0.3) is 5.91 Å². The van der Waals surface area contributed by atoms with Crippen LogP contribution in [0.4, 0.5) is 5.82 Å². The fraction of sp³-hybridized carbons (Fsp3) is 0.231. The summed E-state index contributed by atoms with van der Waals surface area (Å²) in [6.45, 7) is 2.52. The van der Waals surface area contributed by atoms with Crippen LogP contribution in [-0.2, 0) is 0 Å². The van der Waals surface area contributed by atoms with Gasteiger partial charge in [-0.05, 0) is 30.7 Å². The van der Waals surface area contributed by atoms with E-state index in [2.05, 4.69) is 10.4 Å². The van der Waals surface area contributed by atoms with E-state index in [1.165, 1.54) is 4.68 Å². The number of amides is 1. The highest BCUT2D eigenvalue weighted by molar-refractivity contribution is 6.35. The van der Waals surface area contributed by atoms with Crippen molar-refractivity contribution in [2.75, 3.05) is 12.3 Å². The number of nitrogens with one attached hydrogen (secondary N) is 1. The van der Waals surface area contributed by atoms with Crippen LogP contribution in [0.3, 0.4) is 0 Å². The van der Waals surface area contributed by atoms with Crippen LogP contribution in [0.15, 0.2) is 24.3 Å². The Morgan fingerprint density at radius 3 is 2.60 bits per heavy atom. The summed E-state index contributed by atoms with van der Waals surface area (Å²) < 4.78 is 1.42. The first-order valence-corrected chi connectivity index (χ1v) is 6.88. The summed E-state index contributed by atoms with van der Waals surface area (Å²) in [7, 11) is 0. The summed E-state index contributed by atoms with van der Waals surface area (Å²) in [6, 6.07) is 6.91. The van der Waals surface area contributed by atoms with Crippen molar-refractivity contribution in [3.8, 4) is 5.69 Å². The quantitative estimate of drug-likeness (QED) is 0.911. The van der Waals surface area contributed by atoms with Crippen LogP contribution < -0.4 is 11.1 Å². The number of aromatic nitrogens is 2. The Hall–Kier alpha value is -1.72. The van der Waals surface area contributed by atoms with E-state index in [9.17, 15) is 4.79 Å². The smallest absolute Gasteiger partial charge is 0.273 e. The van der Waals surface area contributed by atoms with Gasteiger partial charge in [0.15, 0.2) is 5.69 Å². The molecule has 0 atom stereocenters. The Morgan fingerprint density at radius 1 is 1.35 bits per heavy atom. The van der Waals surface area contributed by atoms with Crippen LogP contribution in [0.25, 0.3) is 5.69 Å². The number of carbonyl (C=O) groups excluding carboxylic acids is 1. The standard InChI is InChI=1S/C13H14Cl2N4O/c1-2-7-17-13(20)11-10(15)12(16)19(18-11)9-5-3-8(14)4-6-9/h3-6H,2,7,16H2,1H3,(H,17,20). The van der Waals surface area contributed by atoms with Gasteiger partial charge < -0.3 is 11.1 Å². The highest BCUT2D eigenvalue weighted by atomic mass is 35.5. The first-order valence-electron chi connectivity index (χ1n) is 6.12. The molecule has 106 valence electrons. The minimum atomic E-state index is -0.337. The summed E-state index contributed by atoms with van der Waals surface area (Å²) in [6.07, 6.45) is 0.830. The third-order valence-corrected chi connectivity index (χ3v) is 3.31. The predicted molar refractivity (Wildman–Crippen MR) is 80.6 cm³/mol. The third-order valence-electron chi connectivity index (χ3n) is 2.68. The van der Waals surface area contributed by atoms with E-state index >= 15 is 0 Å². The van der Waals surface area contributed by atoms with Crippen molar-refractivity contribution >= 4 is 34.9 Å². The van der Waals surface area contributed by atoms with Crippen molar-refractivity contribution in [1.82, 2.24) is 15.1 Å². The first kappa shape index (κ1) is 14.7. The van der Waals surface area contributed by atoms with Crippen molar-refractivity contribution in [3.05, 3.63) is 40.0 Å². The summed E-state index contributed by atoms with van der Waals surface area (Å²) in [5.41, 5.74) is 6.70. The molecule has 1 amide bonds. The molecular formula is C13H14Cl2N4O. The number of hydrogen-bond donors (Lipinski definition) is 2. The zero-order chi connectivity index (χ0) is 14.7. The molecule has 0 saturated carbocycles. The SMILES string of the molecule is CCCNC(=O)c1nn(-c2ccc(Cl)cc2)c(N)c1Cl. The molecule has 0 bridgehead atoms. The van der Waals surface area contributed by atoms with Gasteiger partial charge in [0.1, 0.15) is 10.8 Å². The Bertz CT molecular complexity index is 622. The lowest BCUT2D eigenvalue weighted by Crippen LogP contribution is -2.24. The van der Waals surface area contributed by atoms with Gasteiger partial charge in [-0.15, -0.1) is 0 Å². The molecule has 0 saturated heterocycles. The molecule has 7 heteroatoms. The van der Waals surface area contributed by atoms with Crippen LogP contribution >= 0.6 is 23.2 Å². The molecule has 0 aliphatic carbocycles. The van der Waals surface area contributed by atoms with E-state index in [4.69, 9.17) is 28.9 Å². The number of nitrogen functional groups attached to an aromatic ring is 1. The predicted octanol–water partition coefficient (Wildman–Crippen LogP) is 2.90. The van der Waals surface area contributed by atoms with Gasteiger partial charge in [-0.3, -0.25) is 4.79 Å². The fourth-order valence-electron chi connectivity index (χ4n) is 1.66. The van der Waals surface area contributed by atoms with Gasteiger partial charge in [0.2, 0.25) is 0 Å². The number of benzene rings is 1. The Kier molecular flexibility index (Phi) is 4.52. The molecule has 0 aliphatic rings. The molecule has 3 N–H and O–H groups in total. The molecule has 2 aromatic rings. The average Bonchev–Trinajstić information content (AvgIpc) is 2.74. The van der Waals surface area contributed by atoms with Gasteiger partial charge in [-0.1, -0.05) is 30.1 Å². The van der Waals surface area contributed by atoms with E-state index in [1.807, 2.05) is 6.92 Å². The summed E-state index contributed by atoms with van der Waals surface area (Å²) in [4.78, 5) is 11.9. The summed E-state index contributed by atoms with van der Waals surface area (Å²) >= 11 is 11.9. The zero-order valence-corrected chi connectivity index (χ0v) is 12.4. The van der Waals surface area contributed by atoms with Gasteiger partial charge in [-0.25, -0.2) is 4.68 Å². The summed E-state index contributed by atoms with van der Waals surface area (Å²) in [5, 5.41) is 7.63. The summed E-state index contributed by atoms with van der Waals surface area (Å²) in [5.74, 6) is -0.119.